The highest BCUT2D eigenvalue weighted by atomic mass is 16.6. The summed E-state index contributed by atoms with van der Waals surface area (Å²) in [6, 6.07) is 0.114. The molecule has 1 unspecified atom stereocenters. The summed E-state index contributed by atoms with van der Waals surface area (Å²) in [4.78, 5) is 19.8. The van der Waals surface area contributed by atoms with Crippen molar-refractivity contribution in [1.29, 1.82) is 0 Å². The minimum atomic E-state index is -0.547. The third-order valence-electron chi connectivity index (χ3n) is 2.92. The van der Waals surface area contributed by atoms with E-state index in [2.05, 4.69) is 9.97 Å². The lowest BCUT2D eigenvalue weighted by Crippen LogP contribution is -2.34. The standard InChI is InChI=1S/C10H17N5O2/c1-6(2)7(3)14(4)10-8(15(16)17)9(11)12-5-13-10/h5-7H,1-4H3,(H2,11,12,13). The first-order valence-electron chi connectivity index (χ1n) is 5.34. The number of anilines is 2. The highest BCUT2D eigenvalue weighted by Gasteiger charge is 2.26. The molecule has 0 saturated carbocycles. The van der Waals surface area contributed by atoms with E-state index in [-0.39, 0.29) is 23.4 Å². The number of nitro groups is 1. The van der Waals surface area contributed by atoms with Crippen LogP contribution in [0.4, 0.5) is 17.3 Å². The Balaban J connectivity index is 3.22. The molecule has 94 valence electrons. The molecule has 0 aromatic carbocycles. The normalized spacial score (nSPS) is 12.5. The summed E-state index contributed by atoms with van der Waals surface area (Å²) in [5, 5.41) is 11.0. The van der Waals surface area contributed by atoms with Crippen molar-refractivity contribution in [2.24, 2.45) is 5.92 Å². The summed E-state index contributed by atoms with van der Waals surface area (Å²) < 4.78 is 0. The van der Waals surface area contributed by atoms with Crippen LogP contribution in [0.5, 0.6) is 0 Å². The Morgan fingerprint density at radius 2 is 2.00 bits per heavy atom. The van der Waals surface area contributed by atoms with E-state index < -0.39 is 4.92 Å². The van der Waals surface area contributed by atoms with Gasteiger partial charge in [-0.05, 0) is 12.8 Å². The molecular formula is C10H17N5O2. The SMILES string of the molecule is CC(C)C(C)N(C)c1ncnc(N)c1[N+](=O)[O-]. The molecule has 0 amide bonds. The van der Waals surface area contributed by atoms with Crippen LogP contribution in [0.2, 0.25) is 0 Å². The van der Waals surface area contributed by atoms with Crippen LogP contribution in [0.15, 0.2) is 6.33 Å². The number of rotatable bonds is 4. The average molecular weight is 239 g/mol. The van der Waals surface area contributed by atoms with Crippen LogP contribution < -0.4 is 10.6 Å². The lowest BCUT2D eigenvalue weighted by molar-refractivity contribution is -0.383. The fourth-order valence-corrected chi connectivity index (χ4v) is 1.46. The Hall–Kier alpha value is -1.92. The predicted octanol–water partition coefficient (Wildman–Crippen LogP) is 1.45. The molecule has 1 aromatic heterocycles. The third kappa shape index (κ3) is 2.61. The Bertz CT molecular complexity index is 421. The predicted molar refractivity (Wildman–Crippen MR) is 65.8 cm³/mol. The monoisotopic (exact) mass is 239 g/mol. The van der Waals surface area contributed by atoms with Gasteiger partial charge in [-0.25, -0.2) is 9.97 Å². The van der Waals surface area contributed by atoms with Crippen LogP contribution in [0.1, 0.15) is 20.8 Å². The van der Waals surface area contributed by atoms with Crippen LogP contribution in [-0.2, 0) is 0 Å². The Morgan fingerprint density at radius 1 is 1.41 bits per heavy atom. The van der Waals surface area contributed by atoms with Gasteiger partial charge in [0.2, 0.25) is 11.6 Å². The van der Waals surface area contributed by atoms with Crippen LogP contribution in [-0.4, -0.2) is 28.0 Å². The molecule has 7 nitrogen and oxygen atoms in total. The topological polar surface area (TPSA) is 98.2 Å². The smallest absolute Gasteiger partial charge is 0.353 e. The first-order chi connectivity index (χ1) is 7.86. The lowest BCUT2D eigenvalue weighted by Gasteiger charge is -2.28. The minimum absolute atomic E-state index is 0.109. The zero-order valence-corrected chi connectivity index (χ0v) is 10.4. The Kier molecular flexibility index (Phi) is 3.82. The number of aromatic nitrogens is 2. The van der Waals surface area contributed by atoms with Gasteiger partial charge in [-0.15, -0.1) is 0 Å². The van der Waals surface area contributed by atoms with Crippen molar-refractivity contribution in [1.82, 2.24) is 9.97 Å². The molecule has 1 heterocycles. The third-order valence-corrected chi connectivity index (χ3v) is 2.92. The molecule has 0 spiro atoms. The Morgan fingerprint density at radius 3 is 2.47 bits per heavy atom. The van der Waals surface area contributed by atoms with Gasteiger partial charge >= 0.3 is 5.69 Å². The van der Waals surface area contributed by atoms with Crippen molar-refractivity contribution in [3.8, 4) is 0 Å². The molecule has 0 aliphatic carbocycles. The molecular weight excluding hydrogens is 222 g/mol. The van der Waals surface area contributed by atoms with Gasteiger partial charge in [-0.2, -0.15) is 0 Å². The Labute approximate surface area is 99.8 Å². The van der Waals surface area contributed by atoms with E-state index in [4.69, 9.17) is 5.73 Å². The maximum Gasteiger partial charge on any atom is 0.353 e. The van der Waals surface area contributed by atoms with Crippen molar-refractivity contribution in [2.45, 2.75) is 26.8 Å². The average Bonchev–Trinajstić information content (AvgIpc) is 2.25. The first-order valence-corrected chi connectivity index (χ1v) is 5.34. The van der Waals surface area contributed by atoms with Crippen molar-refractivity contribution in [3.63, 3.8) is 0 Å². The molecule has 17 heavy (non-hydrogen) atoms. The summed E-state index contributed by atoms with van der Waals surface area (Å²) >= 11 is 0. The molecule has 1 aromatic rings. The second kappa shape index (κ2) is 4.94. The number of nitrogen functional groups attached to an aromatic ring is 1. The molecule has 2 N–H and O–H groups in total. The second-order valence-electron chi connectivity index (χ2n) is 4.28. The van der Waals surface area contributed by atoms with Gasteiger partial charge in [-0.1, -0.05) is 13.8 Å². The number of hydrogen-bond donors (Lipinski definition) is 1. The molecule has 0 fully saturated rings. The molecule has 0 radical (unpaired) electrons. The molecule has 1 rings (SSSR count). The van der Waals surface area contributed by atoms with Gasteiger partial charge in [-0.3, -0.25) is 10.1 Å². The van der Waals surface area contributed by atoms with Crippen molar-refractivity contribution in [3.05, 3.63) is 16.4 Å². The van der Waals surface area contributed by atoms with Crippen LogP contribution in [0.25, 0.3) is 0 Å². The zero-order chi connectivity index (χ0) is 13.2. The number of hydrogen-bond acceptors (Lipinski definition) is 6. The van der Waals surface area contributed by atoms with Crippen molar-refractivity contribution >= 4 is 17.3 Å². The number of nitrogens with two attached hydrogens (primary N) is 1. The van der Waals surface area contributed by atoms with E-state index >= 15 is 0 Å². The maximum absolute atomic E-state index is 11.0. The van der Waals surface area contributed by atoms with Gasteiger partial charge in [0, 0.05) is 13.1 Å². The van der Waals surface area contributed by atoms with Gasteiger partial charge in [0.1, 0.15) is 6.33 Å². The fourth-order valence-electron chi connectivity index (χ4n) is 1.46. The van der Waals surface area contributed by atoms with Gasteiger partial charge < -0.3 is 10.6 Å². The maximum atomic E-state index is 11.0. The van der Waals surface area contributed by atoms with Crippen LogP contribution in [0.3, 0.4) is 0 Å². The molecule has 1 atom stereocenters. The fraction of sp³-hybridized carbons (Fsp3) is 0.600. The van der Waals surface area contributed by atoms with Crippen LogP contribution in [0, 0.1) is 16.0 Å². The summed E-state index contributed by atoms with van der Waals surface area (Å²) in [7, 11) is 1.76. The molecule has 0 aliphatic rings. The highest BCUT2D eigenvalue weighted by molar-refractivity contribution is 5.68. The van der Waals surface area contributed by atoms with Gasteiger partial charge in [0.25, 0.3) is 0 Å². The first kappa shape index (κ1) is 13.1. The van der Waals surface area contributed by atoms with Crippen molar-refractivity contribution in [2.75, 3.05) is 17.7 Å². The summed E-state index contributed by atoms with van der Waals surface area (Å²) in [5.41, 5.74) is 5.28. The van der Waals surface area contributed by atoms with E-state index in [1.54, 1.807) is 11.9 Å². The summed E-state index contributed by atoms with van der Waals surface area (Å²) in [6.07, 6.45) is 1.24. The molecule has 0 bridgehead atoms. The zero-order valence-electron chi connectivity index (χ0n) is 10.4. The summed E-state index contributed by atoms with van der Waals surface area (Å²) in [5.74, 6) is 0.488. The van der Waals surface area contributed by atoms with E-state index in [1.165, 1.54) is 6.33 Å². The molecule has 0 aliphatic heterocycles. The van der Waals surface area contributed by atoms with Gasteiger partial charge in [0.15, 0.2) is 0 Å². The number of nitrogens with zero attached hydrogens (tertiary/aromatic N) is 4. The van der Waals surface area contributed by atoms with E-state index in [0.717, 1.165) is 0 Å². The lowest BCUT2D eigenvalue weighted by atomic mass is 10.1. The largest absolute Gasteiger partial charge is 0.378 e. The van der Waals surface area contributed by atoms with Crippen molar-refractivity contribution < 1.29 is 4.92 Å². The second-order valence-corrected chi connectivity index (χ2v) is 4.28. The molecule has 0 saturated heterocycles. The van der Waals surface area contributed by atoms with E-state index in [1.807, 2.05) is 20.8 Å². The quantitative estimate of drug-likeness (QED) is 0.630. The summed E-state index contributed by atoms with van der Waals surface area (Å²) in [6.45, 7) is 6.06. The highest BCUT2D eigenvalue weighted by Crippen LogP contribution is 2.30. The van der Waals surface area contributed by atoms with Crippen LogP contribution >= 0.6 is 0 Å². The van der Waals surface area contributed by atoms with Gasteiger partial charge in [0.05, 0.1) is 4.92 Å². The van der Waals surface area contributed by atoms with E-state index in [0.29, 0.717) is 5.92 Å². The van der Waals surface area contributed by atoms with E-state index in [9.17, 15) is 10.1 Å². The minimum Gasteiger partial charge on any atom is -0.378 e. The molecule has 7 heteroatoms.